The number of benzene rings is 1. The Morgan fingerprint density at radius 1 is 1.11 bits per heavy atom. The van der Waals surface area contributed by atoms with Crippen molar-refractivity contribution in [2.45, 2.75) is 49.4 Å². The van der Waals surface area contributed by atoms with Crippen LogP contribution in [0.15, 0.2) is 48.8 Å². The normalized spacial score (nSPS) is 26.8. The van der Waals surface area contributed by atoms with Gasteiger partial charge in [-0.1, -0.05) is 6.07 Å². The number of hydrogen-bond donors (Lipinski definition) is 4. The van der Waals surface area contributed by atoms with Crippen molar-refractivity contribution in [1.29, 1.82) is 0 Å². The van der Waals surface area contributed by atoms with Gasteiger partial charge in [0.2, 0.25) is 5.91 Å². The lowest BCUT2D eigenvalue weighted by Crippen LogP contribution is -2.63. The predicted molar refractivity (Wildman–Crippen MR) is 122 cm³/mol. The van der Waals surface area contributed by atoms with Crippen LogP contribution in [0.4, 0.5) is 13.2 Å². The van der Waals surface area contributed by atoms with Crippen LogP contribution in [0.3, 0.4) is 0 Å². The van der Waals surface area contributed by atoms with Crippen LogP contribution < -0.4 is 16.0 Å². The summed E-state index contributed by atoms with van der Waals surface area (Å²) < 4.78 is 38.8. The Labute approximate surface area is 201 Å². The lowest BCUT2D eigenvalue weighted by atomic mass is 9.69. The molecule has 1 aromatic carbocycles. The number of amides is 2. The molecule has 2 amide bonds. The monoisotopic (exact) mass is 490 g/mol. The highest BCUT2D eigenvalue weighted by Crippen LogP contribution is 2.42. The molecule has 4 N–H and O–H groups in total. The van der Waals surface area contributed by atoms with E-state index in [0.29, 0.717) is 19.0 Å². The second kappa shape index (κ2) is 10.3. The molecule has 0 unspecified atom stereocenters. The van der Waals surface area contributed by atoms with E-state index < -0.39 is 41.7 Å². The summed E-state index contributed by atoms with van der Waals surface area (Å²) in [5.74, 6) is -0.818. The molecule has 2 aromatic rings. The van der Waals surface area contributed by atoms with Gasteiger partial charge in [0.1, 0.15) is 0 Å². The Kier molecular flexibility index (Phi) is 7.42. The first-order valence-corrected chi connectivity index (χ1v) is 11.7. The Balaban J connectivity index is 1.37. The van der Waals surface area contributed by atoms with Crippen LogP contribution in [0.25, 0.3) is 0 Å². The fourth-order valence-electron chi connectivity index (χ4n) is 5.34. The van der Waals surface area contributed by atoms with Crippen LogP contribution in [0.2, 0.25) is 0 Å². The van der Waals surface area contributed by atoms with E-state index in [4.69, 9.17) is 0 Å². The summed E-state index contributed by atoms with van der Waals surface area (Å²) in [4.78, 5) is 29.2. The van der Waals surface area contributed by atoms with Gasteiger partial charge >= 0.3 is 6.18 Å². The van der Waals surface area contributed by atoms with Gasteiger partial charge in [-0.15, -0.1) is 0 Å². The van der Waals surface area contributed by atoms with E-state index in [0.717, 1.165) is 43.9 Å². The summed E-state index contributed by atoms with van der Waals surface area (Å²) in [7, 11) is 0. The zero-order valence-electron chi connectivity index (χ0n) is 19.1. The van der Waals surface area contributed by atoms with Gasteiger partial charge in [-0.25, -0.2) is 0 Å². The third-order valence-electron chi connectivity index (χ3n) is 7.22. The number of aromatic nitrogens is 1. The molecule has 1 aliphatic carbocycles. The number of nitrogens with zero attached hydrogens (tertiary/aromatic N) is 1. The summed E-state index contributed by atoms with van der Waals surface area (Å²) in [6.07, 6.45) is 1.69. The number of pyridine rings is 1. The minimum absolute atomic E-state index is 0.0497. The average molecular weight is 491 g/mol. The van der Waals surface area contributed by atoms with Gasteiger partial charge in [-0.2, -0.15) is 13.2 Å². The van der Waals surface area contributed by atoms with Gasteiger partial charge in [0.25, 0.3) is 5.91 Å². The molecular formula is C25H29F3N4O3. The largest absolute Gasteiger partial charge is 0.416 e. The van der Waals surface area contributed by atoms with E-state index in [1.807, 2.05) is 12.1 Å². The molecular weight excluding hydrogens is 461 g/mol. The average Bonchev–Trinajstić information content (AvgIpc) is 3.23. The number of rotatable bonds is 6. The number of halogens is 3. The quantitative estimate of drug-likeness (QED) is 0.499. The van der Waals surface area contributed by atoms with Crippen molar-refractivity contribution in [3.63, 3.8) is 0 Å². The van der Waals surface area contributed by atoms with Crippen molar-refractivity contribution in [2.24, 2.45) is 5.92 Å². The second-order valence-corrected chi connectivity index (χ2v) is 9.33. The van der Waals surface area contributed by atoms with Crippen LogP contribution >= 0.6 is 0 Å². The Morgan fingerprint density at radius 2 is 1.83 bits per heavy atom. The molecule has 35 heavy (non-hydrogen) atoms. The summed E-state index contributed by atoms with van der Waals surface area (Å²) in [6.45, 7) is 0.350. The molecule has 10 heteroatoms. The van der Waals surface area contributed by atoms with E-state index in [1.165, 1.54) is 11.6 Å². The van der Waals surface area contributed by atoms with E-state index in [-0.39, 0.29) is 11.5 Å². The number of aliphatic hydroxyl groups is 1. The van der Waals surface area contributed by atoms with Crippen LogP contribution in [0.1, 0.15) is 53.1 Å². The molecule has 1 saturated heterocycles. The number of carbonyl (C=O) groups is 2. The van der Waals surface area contributed by atoms with Crippen LogP contribution in [0.5, 0.6) is 0 Å². The SMILES string of the molecule is O=C(CNC(=O)c1cccc(C(F)(F)F)c1)N[C@@]1(C2CCC(c3ccncc3)CC2)CNC[C@@H]1O. The van der Waals surface area contributed by atoms with E-state index in [1.54, 1.807) is 12.4 Å². The van der Waals surface area contributed by atoms with Gasteiger partial charge < -0.3 is 21.1 Å². The summed E-state index contributed by atoms with van der Waals surface area (Å²) in [5.41, 5.74) is -0.740. The van der Waals surface area contributed by atoms with Gasteiger partial charge in [0, 0.05) is 31.0 Å². The zero-order chi connectivity index (χ0) is 25.1. The Bertz CT molecular complexity index is 1040. The maximum absolute atomic E-state index is 12.9. The van der Waals surface area contributed by atoms with Gasteiger partial charge in [-0.3, -0.25) is 14.6 Å². The molecule has 188 valence electrons. The fourth-order valence-corrected chi connectivity index (χ4v) is 5.34. The van der Waals surface area contributed by atoms with Crippen molar-refractivity contribution >= 4 is 11.8 Å². The molecule has 1 saturated carbocycles. The molecule has 2 atom stereocenters. The molecule has 7 nitrogen and oxygen atoms in total. The van der Waals surface area contributed by atoms with E-state index in [9.17, 15) is 27.9 Å². The lowest BCUT2D eigenvalue weighted by Gasteiger charge is -2.43. The minimum Gasteiger partial charge on any atom is -0.389 e. The molecule has 0 spiro atoms. The smallest absolute Gasteiger partial charge is 0.389 e. The maximum atomic E-state index is 12.9. The number of carbonyl (C=O) groups excluding carboxylic acids is 2. The molecule has 2 fully saturated rings. The van der Waals surface area contributed by atoms with Gasteiger partial charge in [0.05, 0.1) is 23.8 Å². The van der Waals surface area contributed by atoms with Crippen LogP contribution in [-0.2, 0) is 11.0 Å². The lowest BCUT2D eigenvalue weighted by molar-refractivity contribution is -0.137. The molecule has 0 radical (unpaired) electrons. The molecule has 1 aliphatic heterocycles. The van der Waals surface area contributed by atoms with Crippen LogP contribution in [-0.4, -0.2) is 53.2 Å². The standard InChI is InChI=1S/C25H29F3N4O3/c26-25(27,28)20-3-1-2-18(12-20)23(35)31-14-22(34)32-24(15-30-13-21(24)33)19-6-4-16(5-7-19)17-8-10-29-11-9-17/h1-3,8-12,16,19,21,30,33H,4-7,13-15H2,(H,31,35)(H,32,34)/t16?,19?,21-,24+/m0/s1. The van der Waals surface area contributed by atoms with Crippen molar-refractivity contribution in [2.75, 3.05) is 19.6 Å². The zero-order valence-corrected chi connectivity index (χ0v) is 19.1. The van der Waals surface area contributed by atoms with Crippen LogP contribution in [0, 0.1) is 5.92 Å². The second-order valence-electron chi connectivity index (χ2n) is 9.33. The first-order valence-electron chi connectivity index (χ1n) is 11.7. The topological polar surface area (TPSA) is 103 Å². The molecule has 2 heterocycles. The number of alkyl halides is 3. The number of aliphatic hydroxyl groups excluding tert-OH is 1. The van der Waals surface area contributed by atoms with Crippen molar-refractivity contribution in [3.8, 4) is 0 Å². The number of hydrogen-bond acceptors (Lipinski definition) is 5. The highest BCUT2D eigenvalue weighted by atomic mass is 19.4. The molecule has 1 aromatic heterocycles. The van der Waals surface area contributed by atoms with E-state index in [2.05, 4.69) is 20.9 Å². The molecule has 4 rings (SSSR count). The predicted octanol–water partition coefficient (Wildman–Crippen LogP) is 2.62. The Morgan fingerprint density at radius 3 is 2.46 bits per heavy atom. The minimum atomic E-state index is -4.57. The van der Waals surface area contributed by atoms with Gasteiger partial charge in [0.15, 0.2) is 0 Å². The number of nitrogens with one attached hydrogen (secondary N) is 3. The molecule has 2 aliphatic rings. The highest BCUT2D eigenvalue weighted by molar-refractivity contribution is 5.96. The third-order valence-corrected chi connectivity index (χ3v) is 7.22. The van der Waals surface area contributed by atoms with Gasteiger partial charge in [-0.05, 0) is 73.4 Å². The van der Waals surface area contributed by atoms with E-state index >= 15 is 0 Å². The van der Waals surface area contributed by atoms with Crippen molar-refractivity contribution in [3.05, 3.63) is 65.5 Å². The van der Waals surface area contributed by atoms with Crippen molar-refractivity contribution < 1.29 is 27.9 Å². The summed E-state index contributed by atoms with van der Waals surface area (Å²) >= 11 is 0. The third kappa shape index (κ3) is 5.65. The fraction of sp³-hybridized carbons (Fsp3) is 0.480. The maximum Gasteiger partial charge on any atom is 0.416 e. The first kappa shape index (κ1) is 25.1. The van der Waals surface area contributed by atoms with Crippen molar-refractivity contribution in [1.82, 2.24) is 20.9 Å². The highest BCUT2D eigenvalue weighted by Gasteiger charge is 2.50. The summed E-state index contributed by atoms with van der Waals surface area (Å²) in [5, 5.41) is 19.3. The molecule has 0 bridgehead atoms. The summed E-state index contributed by atoms with van der Waals surface area (Å²) in [6, 6.07) is 8.07. The number of β-amino-alcohol motifs (C(OH)–C–C–N with tert-alkyl or cyclic N) is 1. The first-order chi connectivity index (χ1) is 16.7. The Hall–Kier alpha value is -2.98.